The second-order valence-corrected chi connectivity index (χ2v) is 3.73. The van der Waals surface area contributed by atoms with E-state index in [0.29, 0.717) is 5.92 Å². The van der Waals surface area contributed by atoms with Gasteiger partial charge in [0.05, 0.1) is 11.0 Å². The molecule has 1 N–H and O–H groups in total. The van der Waals surface area contributed by atoms with Crippen molar-refractivity contribution in [2.45, 2.75) is 26.7 Å². The van der Waals surface area contributed by atoms with E-state index in [-0.39, 0.29) is 0 Å². The molecule has 0 fully saturated rings. The van der Waals surface area contributed by atoms with Gasteiger partial charge in [0.25, 0.3) is 0 Å². The summed E-state index contributed by atoms with van der Waals surface area (Å²) in [7, 11) is 0. The van der Waals surface area contributed by atoms with Crippen molar-refractivity contribution < 1.29 is 0 Å². The van der Waals surface area contributed by atoms with Crippen molar-refractivity contribution in [1.29, 1.82) is 0 Å². The second kappa shape index (κ2) is 2.87. The van der Waals surface area contributed by atoms with E-state index in [1.807, 2.05) is 12.3 Å². The molecule has 0 aliphatic carbocycles. The predicted molar refractivity (Wildman–Crippen MR) is 54.9 cm³/mol. The molecular formula is C11H14N2. The molecule has 2 rings (SSSR count). The van der Waals surface area contributed by atoms with Crippen LogP contribution in [0.25, 0.3) is 11.0 Å². The maximum Gasteiger partial charge on any atom is 0.0882 e. The number of aromatic amines is 1. The third-order valence-corrected chi connectivity index (χ3v) is 2.38. The van der Waals surface area contributed by atoms with Gasteiger partial charge < -0.3 is 4.98 Å². The smallest absolute Gasteiger partial charge is 0.0882 e. The summed E-state index contributed by atoms with van der Waals surface area (Å²) in [5.74, 6) is 0.542. The van der Waals surface area contributed by atoms with Gasteiger partial charge in [-0.25, -0.2) is 0 Å². The Bertz CT molecular complexity index is 427. The quantitative estimate of drug-likeness (QED) is 0.707. The van der Waals surface area contributed by atoms with E-state index in [2.05, 4.69) is 36.8 Å². The molecule has 0 aliphatic rings. The van der Waals surface area contributed by atoms with E-state index in [1.165, 1.54) is 5.56 Å². The second-order valence-electron chi connectivity index (χ2n) is 3.73. The van der Waals surface area contributed by atoms with Crippen molar-refractivity contribution in [2.24, 2.45) is 0 Å². The molecule has 0 radical (unpaired) electrons. The minimum absolute atomic E-state index is 0.542. The molecule has 2 heterocycles. The van der Waals surface area contributed by atoms with Crippen LogP contribution in [0, 0.1) is 6.92 Å². The van der Waals surface area contributed by atoms with Gasteiger partial charge in [0.15, 0.2) is 0 Å². The van der Waals surface area contributed by atoms with Crippen LogP contribution in [-0.2, 0) is 0 Å². The van der Waals surface area contributed by atoms with Crippen molar-refractivity contribution in [2.75, 3.05) is 0 Å². The van der Waals surface area contributed by atoms with Gasteiger partial charge >= 0.3 is 0 Å². The zero-order valence-electron chi connectivity index (χ0n) is 8.26. The summed E-state index contributed by atoms with van der Waals surface area (Å²) >= 11 is 0. The summed E-state index contributed by atoms with van der Waals surface area (Å²) in [4.78, 5) is 7.71. The number of fused-ring (bicyclic) bond motifs is 1. The lowest BCUT2D eigenvalue weighted by Gasteiger charge is -2.08. The molecule has 0 unspecified atom stereocenters. The van der Waals surface area contributed by atoms with Crippen LogP contribution in [-0.4, -0.2) is 9.97 Å². The van der Waals surface area contributed by atoms with Crippen LogP contribution in [0.5, 0.6) is 0 Å². The summed E-state index contributed by atoms with van der Waals surface area (Å²) in [5.41, 5.74) is 4.66. The molecule has 0 spiro atoms. The lowest BCUT2D eigenvalue weighted by atomic mass is 10.0. The summed E-state index contributed by atoms with van der Waals surface area (Å²) in [6.45, 7) is 6.46. The van der Waals surface area contributed by atoms with Crippen LogP contribution in [0.2, 0.25) is 0 Å². The Labute approximate surface area is 78.0 Å². The number of nitrogens with zero attached hydrogens (tertiary/aromatic N) is 1. The highest BCUT2D eigenvalue weighted by atomic mass is 14.8. The highest BCUT2D eigenvalue weighted by Gasteiger charge is 2.06. The topological polar surface area (TPSA) is 28.7 Å². The standard InChI is InChI=1S/C11H14N2/c1-7(2)9-6-11-10(4-5-12-11)13-8(9)3/h4-7,12H,1-3H3. The number of pyridine rings is 1. The minimum Gasteiger partial charge on any atom is -0.360 e. The van der Waals surface area contributed by atoms with Gasteiger partial charge in [0, 0.05) is 11.9 Å². The van der Waals surface area contributed by atoms with Crippen molar-refractivity contribution in [3.05, 3.63) is 29.6 Å². The first-order valence-electron chi connectivity index (χ1n) is 4.63. The van der Waals surface area contributed by atoms with Crippen LogP contribution >= 0.6 is 0 Å². The minimum atomic E-state index is 0.542. The lowest BCUT2D eigenvalue weighted by molar-refractivity contribution is 0.847. The van der Waals surface area contributed by atoms with Crippen LogP contribution < -0.4 is 0 Å². The first kappa shape index (κ1) is 8.30. The number of hydrogen-bond acceptors (Lipinski definition) is 1. The zero-order chi connectivity index (χ0) is 9.42. The molecule has 2 nitrogen and oxygen atoms in total. The van der Waals surface area contributed by atoms with Crippen molar-refractivity contribution in [3.63, 3.8) is 0 Å². The van der Waals surface area contributed by atoms with E-state index >= 15 is 0 Å². The molecule has 0 atom stereocenters. The number of nitrogens with one attached hydrogen (secondary N) is 1. The maximum atomic E-state index is 4.53. The maximum absolute atomic E-state index is 4.53. The van der Waals surface area contributed by atoms with Gasteiger partial charge in [-0.15, -0.1) is 0 Å². The lowest BCUT2D eigenvalue weighted by Crippen LogP contribution is -1.94. The van der Waals surface area contributed by atoms with Gasteiger partial charge in [-0.2, -0.15) is 0 Å². The third-order valence-electron chi connectivity index (χ3n) is 2.38. The van der Waals surface area contributed by atoms with Crippen LogP contribution in [0.4, 0.5) is 0 Å². The fourth-order valence-electron chi connectivity index (χ4n) is 1.68. The first-order valence-corrected chi connectivity index (χ1v) is 4.63. The van der Waals surface area contributed by atoms with Crippen molar-refractivity contribution in [1.82, 2.24) is 9.97 Å². The molecule has 0 saturated carbocycles. The Morgan fingerprint density at radius 2 is 2.15 bits per heavy atom. The Hall–Kier alpha value is -1.31. The van der Waals surface area contributed by atoms with E-state index in [1.54, 1.807) is 0 Å². The number of rotatable bonds is 1. The summed E-state index contributed by atoms with van der Waals surface area (Å²) < 4.78 is 0. The summed E-state index contributed by atoms with van der Waals surface area (Å²) in [6.07, 6.45) is 1.93. The van der Waals surface area contributed by atoms with Gasteiger partial charge in [-0.3, -0.25) is 4.98 Å². The van der Waals surface area contributed by atoms with Crippen LogP contribution in [0.1, 0.15) is 31.0 Å². The van der Waals surface area contributed by atoms with Gasteiger partial charge in [0.2, 0.25) is 0 Å². The Kier molecular flexibility index (Phi) is 1.83. The fourth-order valence-corrected chi connectivity index (χ4v) is 1.68. The zero-order valence-corrected chi connectivity index (χ0v) is 8.26. The molecule has 0 amide bonds. The van der Waals surface area contributed by atoms with Gasteiger partial charge in [-0.1, -0.05) is 13.8 Å². The highest BCUT2D eigenvalue weighted by Crippen LogP contribution is 2.21. The molecule has 0 aliphatic heterocycles. The molecule has 13 heavy (non-hydrogen) atoms. The largest absolute Gasteiger partial charge is 0.360 e. The molecule has 0 saturated heterocycles. The van der Waals surface area contributed by atoms with E-state index in [4.69, 9.17) is 0 Å². The van der Waals surface area contributed by atoms with Crippen molar-refractivity contribution >= 4 is 11.0 Å². The fraction of sp³-hybridized carbons (Fsp3) is 0.364. The Morgan fingerprint density at radius 3 is 2.85 bits per heavy atom. The third kappa shape index (κ3) is 1.32. The number of aryl methyl sites for hydroxylation is 1. The van der Waals surface area contributed by atoms with Gasteiger partial charge in [-0.05, 0) is 30.5 Å². The highest BCUT2D eigenvalue weighted by molar-refractivity contribution is 5.75. The van der Waals surface area contributed by atoms with Crippen molar-refractivity contribution in [3.8, 4) is 0 Å². The average Bonchev–Trinajstić information content (AvgIpc) is 2.48. The molecule has 2 aromatic heterocycles. The van der Waals surface area contributed by atoms with E-state index in [0.717, 1.165) is 16.7 Å². The SMILES string of the molecule is Cc1nc2cc[nH]c2cc1C(C)C. The van der Waals surface area contributed by atoms with E-state index in [9.17, 15) is 0 Å². The summed E-state index contributed by atoms with van der Waals surface area (Å²) in [5, 5.41) is 0. The molecule has 2 aromatic rings. The first-order chi connectivity index (χ1) is 6.18. The monoisotopic (exact) mass is 174 g/mol. The number of H-pyrrole nitrogens is 1. The molecular weight excluding hydrogens is 160 g/mol. The van der Waals surface area contributed by atoms with E-state index < -0.39 is 0 Å². The Balaban J connectivity index is 2.69. The van der Waals surface area contributed by atoms with Gasteiger partial charge in [0.1, 0.15) is 0 Å². The normalized spacial score (nSPS) is 11.4. The van der Waals surface area contributed by atoms with Crippen LogP contribution in [0.3, 0.4) is 0 Å². The predicted octanol–water partition coefficient (Wildman–Crippen LogP) is 2.99. The molecule has 0 bridgehead atoms. The molecule has 0 aromatic carbocycles. The number of hydrogen-bond donors (Lipinski definition) is 1. The number of aromatic nitrogens is 2. The average molecular weight is 174 g/mol. The Morgan fingerprint density at radius 1 is 1.38 bits per heavy atom. The molecule has 2 heteroatoms. The molecule has 68 valence electrons. The summed E-state index contributed by atoms with van der Waals surface area (Å²) in [6, 6.07) is 4.20. The van der Waals surface area contributed by atoms with Crippen LogP contribution in [0.15, 0.2) is 18.3 Å².